The molecule has 4 N–H and O–H groups in total. The molecule has 0 unspecified atom stereocenters. The molecule has 0 atom stereocenters. The molecule has 0 aliphatic carbocycles. The third-order valence-electron chi connectivity index (χ3n) is 3.35. The molecular weight excluding hydrogens is 284 g/mol. The predicted octanol–water partition coefficient (Wildman–Crippen LogP) is 2.61. The van der Waals surface area contributed by atoms with Crippen LogP contribution in [0.5, 0.6) is 0 Å². The van der Waals surface area contributed by atoms with E-state index in [2.05, 4.69) is 29.4 Å². The minimum absolute atomic E-state index is 0.0736. The van der Waals surface area contributed by atoms with E-state index in [4.69, 9.17) is 5.73 Å². The first-order valence-corrected chi connectivity index (χ1v) is 8.57. The fourth-order valence-corrected chi connectivity index (χ4v) is 2.96. The Balaban J connectivity index is 2.41. The van der Waals surface area contributed by atoms with Crippen LogP contribution in [0.25, 0.3) is 0 Å². The number of nitrogens with zero attached hydrogens (tertiary/aromatic N) is 1. The van der Waals surface area contributed by atoms with Gasteiger partial charge < -0.3 is 21.3 Å². The van der Waals surface area contributed by atoms with Crippen LogP contribution >= 0.6 is 11.3 Å². The van der Waals surface area contributed by atoms with E-state index in [1.807, 2.05) is 13.0 Å². The Morgan fingerprint density at radius 3 is 2.62 bits per heavy atom. The van der Waals surface area contributed by atoms with Gasteiger partial charge in [0.2, 0.25) is 0 Å². The number of hydrogen-bond donors (Lipinski definition) is 3. The minimum Gasteiger partial charge on any atom is -0.397 e. The smallest absolute Gasteiger partial charge is 0.263 e. The lowest BCUT2D eigenvalue weighted by atomic mass is 10.3. The first-order chi connectivity index (χ1) is 10.1. The van der Waals surface area contributed by atoms with Gasteiger partial charge in [-0.3, -0.25) is 4.79 Å². The van der Waals surface area contributed by atoms with Crippen LogP contribution < -0.4 is 16.4 Å². The monoisotopic (exact) mass is 312 g/mol. The van der Waals surface area contributed by atoms with Crippen molar-refractivity contribution in [2.45, 2.75) is 33.6 Å². The Kier molecular flexibility index (Phi) is 8.15. The maximum absolute atomic E-state index is 11.9. The fourth-order valence-electron chi connectivity index (χ4n) is 2.04. The number of amides is 1. The Bertz CT molecular complexity index is 429. The number of carbonyl (C=O) groups excluding carboxylic acids is 1. The van der Waals surface area contributed by atoms with Gasteiger partial charge in [-0.15, -0.1) is 11.3 Å². The minimum atomic E-state index is -0.0736. The molecule has 1 heterocycles. The summed E-state index contributed by atoms with van der Waals surface area (Å²) in [6.07, 6.45) is 2.00. The number of hydrogen-bond acceptors (Lipinski definition) is 5. The molecule has 6 heteroatoms. The van der Waals surface area contributed by atoms with Crippen molar-refractivity contribution in [1.82, 2.24) is 10.2 Å². The molecule has 0 bridgehead atoms. The van der Waals surface area contributed by atoms with Crippen molar-refractivity contribution in [3.05, 3.63) is 10.9 Å². The van der Waals surface area contributed by atoms with Crippen LogP contribution in [0.3, 0.4) is 0 Å². The molecule has 5 nitrogen and oxygen atoms in total. The SMILES string of the molecule is CCCNC(=O)c1sc(NCCCN(CC)CC)cc1N. The zero-order valence-electron chi connectivity index (χ0n) is 13.4. The van der Waals surface area contributed by atoms with Crippen LogP contribution in [0.2, 0.25) is 0 Å². The molecule has 1 aromatic rings. The maximum Gasteiger partial charge on any atom is 0.263 e. The second-order valence-corrected chi connectivity index (χ2v) is 6.01. The predicted molar refractivity (Wildman–Crippen MR) is 92.3 cm³/mol. The normalized spacial score (nSPS) is 10.9. The van der Waals surface area contributed by atoms with Crippen molar-refractivity contribution >= 4 is 27.9 Å². The number of rotatable bonds is 10. The van der Waals surface area contributed by atoms with Crippen molar-refractivity contribution in [1.29, 1.82) is 0 Å². The number of carbonyl (C=O) groups is 1. The highest BCUT2D eigenvalue weighted by Crippen LogP contribution is 2.29. The third-order valence-corrected chi connectivity index (χ3v) is 4.45. The second kappa shape index (κ2) is 9.63. The molecule has 1 rings (SSSR count). The Morgan fingerprint density at radius 2 is 2.00 bits per heavy atom. The zero-order chi connectivity index (χ0) is 15.7. The van der Waals surface area contributed by atoms with Crippen molar-refractivity contribution in [2.24, 2.45) is 0 Å². The van der Waals surface area contributed by atoms with Gasteiger partial charge in [-0.25, -0.2) is 0 Å². The molecule has 0 spiro atoms. The first-order valence-electron chi connectivity index (χ1n) is 7.76. The van der Waals surface area contributed by atoms with Gasteiger partial charge in [0, 0.05) is 13.1 Å². The molecule has 0 aliphatic heterocycles. The summed E-state index contributed by atoms with van der Waals surface area (Å²) < 4.78 is 0. The van der Waals surface area contributed by atoms with Crippen LogP contribution in [0, 0.1) is 0 Å². The molecule has 0 fully saturated rings. The largest absolute Gasteiger partial charge is 0.397 e. The number of nitrogen functional groups attached to an aromatic ring is 1. The van der Waals surface area contributed by atoms with Gasteiger partial charge in [-0.2, -0.15) is 0 Å². The molecule has 0 saturated heterocycles. The molecule has 0 aliphatic rings. The quantitative estimate of drug-likeness (QED) is 0.581. The van der Waals surface area contributed by atoms with E-state index in [1.165, 1.54) is 11.3 Å². The average Bonchev–Trinajstić information content (AvgIpc) is 2.86. The van der Waals surface area contributed by atoms with E-state index in [9.17, 15) is 4.79 Å². The van der Waals surface area contributed by atoms with Gasteiger partial charge in [0.15, 0.2) is 0 Å². The average molecular weight is 312 g/mol. The summed E-state index contributed by atoms with van der Waals surface area (Å²) in [4.78, 5) is 14.9. The highest BCUT2D eigenvalue weighted by atomic mass is 32.1. The van der Waals surface area contributed by atoms with Gasteiger partial charge in [0.1, 0.15) is 4.88 Å². The van der Waals surface area contributed by atoms with E-state index in [0.717, 1.165) is 44.0 Å². The summed E-state index contributed by atoms with van der Waals surface area (Å²) >= 11 is 1.43. The number of nitrogens with two attached hydrogens (primary N) is 1. The van der Waals surface area contributed by atoms with Crippen molar-refractivity contribution in [2.75, 3.05) is 43.8 Å². The van der Waals surface area contributed by atoms with Crippen LogP contribution in [0.1, 0.15) is 43.3 Å². The second-order valence-electron chi connectivity index (χ2n) is 4.96. The van der Waals surface area contributed by atoms with E-state index in [0.29, 0.717) is 17.1 Å². The van der Waals surface area contributed by atoms with Crippen LogP contribution in [0.15, 0.2) is 6.07 Å². The number of thiophene rings is 1. The summed E-state index contributed by atoms with van der Waals surface area (Å²) in [5, 5.41) is 7.18. The highest BCUT2D eigenvalue weighted by molar-refractivity contribution is 7.18. The van der Waals surface area contributed by atoms with Gasteiger partial charge >= 0.3 is 0 Å². The van der Waals surface area contributed by atoms with Gasteiger partial charge in [0.25, 0.3) is 5.91 Å². The molecule has 0 radical (unpaired) electrons. The zero-order valence-corrected chi connectivity index (χ0v) is 14.2. The molecule has 120 valence electrons. The van der Waals surface area contributed by atoms with Crippen LogP contribution in [-0.2, 0) is 0 Å². The Labute approximate surface area is 131 Å². The maximum atomic E-state index is 11.9. The van der Waals surface area contributed by atoms with Crippen molar-refractivity contribution < 1.29 is 4.79 Å². The number of anilines is 2. The Morgan fingerprint density at radius 1 is 1.29 bits per heavy atom. The van der Waals surface area contributed by atoms with E-state index >= 15 is 0 Å². The summed E-state index contributed by atoms with van der Waals surface area (Å²) in [7, 11) is 0. The van der Waals surface area contributed by atoms with E-state index in [-0.39, 0.29) is 5.91 Å². The molecule has 1 aromatic heterocycles. The van der Waals surface area contributed by atoms with E-state index in [1.54, 1.807) is 0 Å². The summed E-state index contributed by atoms with van der Waals surface area (Å²) in [5.41, 5.74) is 6.47. The van der Waals surface area contributed by atoms with Gasteiger partial charge in [0.05, 0.1) is 10.7 Å². The molecule has 21 heavy (non-hydrogen) atoms. The number of nitrogens with one attached hydrogen (secondary N) is 2. The molecule has 0 saturated carbocycles. The molecule has 0 aromatic carbocycles. The van der Waals surface area contributed by atoms with Crippen molar-refractivity contribution in [3.8, 4) is 0 Å². The summed E-state index contributed by atoms with van der Waals surface area (Å²) in [6.45, 7) is 11.2. The highest BCUT2D eigenvalue weighted by Gasteiger charge is 2.13. The topological polar surface area (TPSA) is 70.4 Å². The van der Waals surface area contributed by atoms with Gasteiger partial charge in [-0.1, -0.05) is 20.8 Å². The lowest BCUT2D eigenvalue weighted by Crippen LogP contribution is -2.25. The summed E-state index contributed by atoms with van der Waals surface area (Å²) in [5.74, 6) is -0.0736. The van der Waals surface area contributed by atoms with Crippen molar-refractivity contribution in [3.63, 3.8) is 0 Å². The first kappa shape index (κ1) is 17.8. The van der Waals surface area contributed by atoms with Gasteiger partial charge in [-0.05, 0) is 38.5 Å². The molecular formula is C15H28N4OS. The van der Waals surface area contributed by atoms with E-state index < -0.39 is 0 Å². The standard InChI is InChI=1S/C15H28N4OS/c1-4-8-18-15(20)14-12(16)11-13(21-14)17-9-7-10-19(5-2)6-3/h11,17H,4-10,16H2,1-3H3,(H,18,20). The fraction of sp³-hybridized carbons (Fsp3) is 0.667. The molecule has 1 amide bonds. The summed E-state index contributed by atoms with van der Waals surface area (Å²) in [6, 6.07) is 1.85. The third kappa shape index (κ3) is 5.93. The van der Waals surface area contributed by atoms with Crippen LogP contribution in [0.4, 0.5) is 10.7 Å². The lowest BCUT2D eigenvalue weighted by Gasteiger charge is -2.17. The Hall–Kier alpha value is -1.27. The lowest BCUT2D eigenvalue weighted by molar-refractivity contribution is 0.0958. The van der Waals surface area contributed by atoms with Crippen LogP contribution in [-0.4, -0.2) is 43.5 Å².